The topological polar surface area (TPSA) is 44.4 Å². The van der Waals surface area contributed by atoms with E-state index >= 15 is 0 Å². The number of carbonyl (C=O) groups is 1. The highest BCUT2D eigenvalue weighted by Gasteiger charge is 2.42. The molecule has 2 aliphatic heterocycles. The summed E-state index contributed by atoms with van der Waals surface area (Å²) >= 11 is 0. The van der Waals surface area contributed by atoms with Gasteiger partial charge >= 0.3 is 0 Å². The molecule has 4 nitrogen and oxygen atoms in total. The Kier molecular flexibility index (Phi) is 9.00. The summed E-state index contributed by atoms with van der Waals surface area (Å²) in [4.78, 5) is 14.0. The number of nitrogens with one attached hydrogen (secondary N) is 2. The van der Waals surface area contributed by atoms with E-state index in [4.69, 9.17) is 0 Å². The minimum absolute atomic E-state index is 0. The maximum Gasteiger partial charge on any atom is 0.262 e. The average molecular weight is 348 g/mol. The van der Waals surface area contributed by atoms with Crippen LogP contribution in [0.25, 0.3) is 0 Å². The van der Waals surface area contributed by atoms with Crippen LogP contribution in [0.1, 0.15) is 26.2 Å². The van der Waals surface area contributed by atoms with Gasteiger partial charge in [-0.25, -0.2) is 8.78 Å². The molecule has 2 rings (SSSR count). The fourth-order valence-electron chi connectivity index (χ4n) is 2.85. The fourth-order valence-corrected chi connectivity index (χ4v) is 2.85. The fraction of sp³-hybridized carbons (Fsp3) is 0.923. The Bertz CT molecular complexity index is 335. The molecule has 0 spiro atoms. The molecule has 2 saturated heterocycles. The first-order valence-corrected chi connectivity index (χ1v) is 7.07. The Morgan fingerprint density at radius 1 is 1.43 bits per heavy atom. The van der Waals surface area contributed by atoms with Crippen molar-refractivity contribution in [3.8, 4) is 0 Å². The van der Waals surface area contributed by atoms with E-state index in [9.17, 15) is 13.6 Å². The quantitative estimate of drug-likeness (QED) is 0.813. The third-order valence-corrected chi connectivity index (χ3v) is 3.89. The lowest BCUT2D eigenvalue weighted by molar-refractivity contribution is -0.123. The summed E-state index contributed by atoms with van der Waals surface area (Å²) in [5.41, 5.74) is 0. The van der Waals surface area contributed by atoms with E-state index < -0.39 is 18.5 Å². The lowest BCUT2D eigenvalue weighted by Crippen LogP contribution is -2.44. The molecule has 0 radical (unpaired) electrons. The van der Waals surface area contributed by atoms with E-state index in [1.54, 1.807) is 0 Å². The van der Waals surface area contributed by atoms with E-state index in [1.165, 1.54) is 12.8 Å². The molecule has 21 heavy (non-hydrogen) atoms. The molecule has 2 unspecified atom stereocenters. The van der Waals surface area contributed by atoms with Crippen LogP contribution in [0.5, 0.6) is 0 Å². The Balaban J connectivity index is 0.00000200. The smallest absolute Gasteiger partial charge is 0.262 e. The molecule has 1 amide bonds. The maximum absolute atomic E-state index is 13.0. The zero-order valence-electron chi connectivity index (χ0n) is 12.2. The molecule has 2 heterocycles. The minimum atomic E-state index is -2.75. The molecular weight excluding hydrogens is 323 g/mol. The second-order valence-electron chi connectivity index (χ2n) is 5.83. The van der Waals surface area contributed by atoms with Crippen LogP contribution in [0, 0.1) is 5.92 Å². The van der Waals surface area contributed by atoms with Gasteiger partial charge in [0.25, 0.3) is 5.92 Å². The monoisotopic (exact) mass is 347 g/mol. The summed E-state index contributed by atoms with van der Waals surface area (Å²) in [6.45, 7) is 5.31. The first kappa shape index (κ1) is 20.8. The molecule has 8 heteroatoms. The Morgan fingerprint density at radius 3 is 2.71 bits per heavy atom. The summed E-state index contributed by atoms with van der Waals surface area (Å²) < 4.78 is 25.9. The SMILES string of the molecule is CC1CCCN(CCNC(=O)C2CC(F)(F)CN2)C1.Cl.Cl. The van der Waals surface area contributed by atoms with Gasteiger partial charge in [0.05, 0.1) is 12.6 Å². The van der Waals surface area contributed by atoms with Crippen LogP contribution in [0.3, 0.4) is 0 Å². The van der Waals surface area contributed by atoms with Gasteiger partial charge in [0.2, 0.25) is 5.91 Å². The molecule has 0 aromatic heterocycles. The van der Waals surface area contributed by atoms with Gasteiger partial charge in [-0.1, -0.05) is 6.92 Å². The predicted molar refractivity (Wildman–Crippen MR) is 83.7 cm³/mol. The number of piperidine rings is 1. The number of carbonyl (C=O) groups excluding carboxylic acids is 1. The molecule has 0 saturated carbocycles. The van der Waals surface area contributed by atoms with Crippen LogP contribution in [0.4, 0.5) is 8.78 Å². The number of rotatable bonds is 4. The van der Waals surface area contributed by atoms with Crippen molar-refractivity contribution in [2.24, 2.45) is 5.92 Å². The lowest BCUT2D eigenvalue weighted by Gasteiger charge is -2.30. The van der Waals surface area contributed by atoms with Gasteiger partial charge < -0.3 is 10.2 Å². The second-order valence-corrected chi connectivity index (χ2v) is 5.83. The molecule has 126 valence electrons. The molecule has 0 aromatic carbocycles. The number of alkyl halides is 2. The van der Waals surface area contributed by atoms with Crippen molar-refractivity contribution in [2.45, 2.75) is 38.2 Å². The zero-order valence-corrected chi connectivity index (χ0v) is 13.9. The third-order valence-electron chi connectivity index (χ3n) is 3.89. The first-order valence-electron chi connectivity index (χ1n) is 7.07. The Labute approximate surface area is 137 Å². The van der Waals surface area contributed by atoms with Crippen molar-refractivity contribution < 1.29 is 13.6 Å². The summed E-state index contributed by atoms with van der Waals surface area (Å²) in [7, 11) is 0. The maximum atomic E-state index is 13.0. The van der Waals surface area contributed by atoms with Crippen molar-refractivity contribution >= 4 is 30.7 Å². The summed E-state index contributed by atoms with van der Waals surface area (Å²) in [6, 6.07) is -0.740. The molecule has 2 aliphatic rings. The highest BCUT2D eigenvalue weighted by atomic mass is 35.5. The minimum Gasteiger partial charge on any atom is -0.353 e. The van der Waals surface area contributed by atoms with Gasteiger partial charge in [0, 0.05) is 26.1 Å². The van der Waals surface area contributed by atoms with Crippen molar-refractivity contribution in [1.82, 2.24) is 15.5 Å². The van der Waals surface area contributed by atoms with Gasteiger partial charge in [0.1, 0.15) is 0 Å². The van der Waals surface area contributed by atoms with Crippen molar-refractivity contribution in [1.29, 1.82) is 0 Å². The Morgan fingerprint density at radius 2 is 2.14 bits per heavy atom. The third kappa shape index (κ3) is 6.63. The zero-order chi connectivity index (χ0) is 13.9. The predicted octanol–water partition coefficient (Wildman–Crippen LogP) is 1.68. The summed E-state index contributed by atoms with van der Waals surface area (Å²) in [6.07, 6.45) is 2.08. The van der Waals surface area contributed by atoms with Crippen molar-refractivity contribution in [3.63, 3.8) is 0 Å². The van der Waals surface area contributed by atoms with Gasteiger partial charge in [-0.05, 0) is 25.3 Å². The van der Waals surface area contributed by atoms with E-state index in [2.05, 4.69) is 22.5 Å². The highest BCUT2D eigenvalue weighted by molar-refractivity contribution is 5.85. The number of hydrogen-bond donors (Lipinski definition) is 2. The van der Waals surface area contributed by atoms with Crippen LogP contribution in [-0.4, -0.2) is 55.5 Å². The lowest BCUT2D eigenvalue weighted by atomic mass is 10.0. The highest BCUT2D eigenvalue weighted by Crippen LogP contribution is 2.24. The van der Waals surface area contributed by atoms with Crippen LogP contribution < -0.4 is 10.6 Å². The van der Waals surface area contributed by atoms with E-state index in [1.807, 2.05) is 0 Å². The molecular formula is C13H25Cl2F2N3O. The van der Waals surface area contributed by atoms with Gasteiger partial charge in [-0.2, -0.15) is 0 Å². The van der Waals surface area contributed by atoms with Crippen LogP contribution in [0.2, 0.25) is 0 Å². The summed E-state index contributed by atoms with van der Waals surface area (Å²) in [5.74, 6) is -2.34. The first-order chi connectivity index (χ1) is 8.96. The number of amides is 1. The normalized spacial score (nSPS) is 28.3. The molecule has 2 fully saturated rings. The number of hydrogen-bond acceptors (Lipinski definition) is 3. The molecule has 2 N–H and O–H groups in total. The van der Waals surface area contributed by atoms with Crippen LogP contribution in [0.15, 0.2) is 0 Å². The second kappa shape index (κ2) is 9.08. The molecule has 0 aliphatic carbocycles. The number of nitrogens with zero attached hydrogens (tertiary/aromatic N) is 1. The largest absolute Gasteiger partial charge is 0.353 e. The average Bonchev–Trinajstić information content (AvgIpc) is 2.70. The Hall–Kier alpha value is -0.170. The van der Waals surface area contributed by atoms with Crippen LogP contribution >= 0.6 is 24.8 Å². The molecule has 2 atom stereocenters. The van der Waals surface area contributed by atoms with E-state index in [0.717, 1.165) is 19.6 Å². The summed E-state index contributed by atoms with van der Waals surface area (Å²) in [5, 5.41) is 5.31. The molecule has 0 bridgehead atoms. The van der Waals surface area contributed by atoms with E-state index in [0.29, 0.717) is 12.5 Å². The van der Waals surface area contributed by atoms with Gasteiger partial charge in [-0.15, -0.1) is 24.8 Å². The number of likely N-dealkylation sites (tertiary alicyclic amines) is 1. The van der Waals surface area contributed by atoms with Crippen molar-refractivity contribution in [3.05, 3.63) is 0 Å². The van der Waals surface area contributed by atoms with Crippen LogP contribution in [-0.2, 0) is 4.79 Å². The molecule has 0 aromatic rings. The van der Waals surface area contributed by atoms with Crippen molar-refractivity contribution in [2.75, 3.05) is 32.7 Å². The number of halogens is 4. The van der Waals surface area contributed by atoms with Gasteiger partial charge in [0.15, 0.2) is 0 Å². The van der Waals surface area contributed by atoms with E-state index in [-0.39, 0.29) is 37.1 Å². The van der Waals surface area contributed by atoms with Gasteiger partial charge in [-0.3, -0.25) is 10.1 Å². The standard InChI is InChI=1S/C13H23F2N3O.2ClH/c1-10-3-2-5-18(8-10)6-4-16-12(19)11-7-13(14,15)9-17-11;;/h10-11,17H,2-9H2,1H3,(H,16,19);2*1H.